The van der Waals surface area contributed by atoms with E-state index in [-0.39, 0.29) is 39.2 Å². The van der Waals surface area contributed by atoms with Gasteiger partial charge in [-0.25, -0.2) is 0 Å². The zero-order chi connectivity index (χ0) is 32.9. The lowest BCUT2D eigenvalue weighted by Crippen LogP contribution is -2.86. The van der Waals surface area contributed by atoms with Crippen LogP contribution in [0.5, 0.6) is 0 Å². The van der Waals surface area contributed by atoms with E-state index in [4.69, 9.17) is 18.3 Å². The second-order valence-electron chi connectivity index (χ2n) is 17.9. The third kappa shape index (κ3) is 4.64. The van der Waals surface area contributed by atoms with Gasteiger partial charge in [0.05, 0.1) is 13.2 Å². The summed E-state index contributed by atoms with van der Waals surface area (Å²) in [5.41, 5.74) is 3.51. The van der Waals surface area contributed by atoms with Crippen LogP contribution in [-0.2, 0) is 18.3 Å². The summed E-state index contributed by atoms with van der Waals surface area (Å²) in [6.07, 6.45) is 7.46. The molecule has 7 heteroatoms. The molecule has 0 amide bonds. The van der Waals surface area contributed by atoms with Gasteiger partial charge in [-0.1, -0.05) is 66.7 Å². The summed E-state index contributed by atoms with van der Waals surface area (Å²) in [6.45, 7) is 33.0. The highest BCUT2D eigenvalue weighted by Gasteiger charge is 2.91. The van der Waals surface area contributed by atoms with Crippen LogP contribution in [0.4, 0.5) is 0 Å². The molecule has 0 aromatic rings. The fraction of sp³-hybridized carbons (Fsp3) is 0.784. The summed E-state index contributed by atoms with van der Waals surface area (Å²) in [4.78, 5) is 0. The largest absolute Gasteiger partial charge is 0.417 e. The van der Waals surface area contributed by atoms with Crippen LogP contribution >= 0.6 is 0 Å². The molecule has 6 unspecified atom stereocenters. The lowest BCUT2D eigenvalue weighted by molar-refractivity contribution is -0.332. The predicted molar refractivity (Wildman–Crippen MR) is 184 cm³/mol. The van der Waals surface area contributed by atoms with Crippen LogP contribution in [0.15, 0.2) is 34.4 Å². The molecule has 0 radical (unpaired) electrons. The summed E-state index contributed by atoms with van der Waals surface area (Å²) in [6, 6.07) is 0. The Morgan fingerprint density at radius 1 is 1.05 bits per heavy atom. The maximum Gasteiger partial charge on any atom is 0.192 e. The molecular weight excluding hydrogens is 581 g/mol. The first-order valence-corrected chi connectivity index (χ1v) is 22.8. The van der Waals surface area contributed by atoms with Crippen LogP contribution in [0.2, 0.25) is 36.3 Å². The average molecular weight is 641 g/mol. The van der Waals surface area contributed by atoms with Crippen molar-refractivity contribution in [2.24, 2.45) is 22.7 Å². The standard InChI is InChI=1S/C37H60O5Si2/c1-25(19-21-39-43(11,12)32(2,3)4)17-18-27-22-26(23-38)30-31-36(42-34(8,9)41-31)20-15-16-28-29(35(27,10)37(28,30)36)24-40-44(13,14)33(5,6)7/h19,22,28-29,31,38H,15-16,20-21,23-24H2,1-14H3/b25-19+. The van der Waals surface area contributed by atoms with Crippen molar-refractivity contribution < 1.29 is 23.4 Å². The molecule has 0 aromatic carbocycles. The monoisotopic (exact) mass is 640 g/mol. The Morgan fingerprint density at radius 3 is 2.25 bits per heavy atom. The molecule has 3 saturated carbocycles. The van der Waals surface area contributed by atoms with Crippen molar-refractivity contribution in [2.75, 3.05) is 19.8 Å². The maximum absolute atomic E-state index is 10.8. The van der Waals surface area contributed by atoms with Crippen LogP contribution in [0, 0.1) is 34.5 Å². The Balaban J connectivity index is 1.55. The topological polar surface area (TPSA) is 57.2 Å². The molecule has 1 aliphatic heterocycles. The number of hydrogen-bond donors (Lipinski definition) is 1. The minimum Gasteiger partial charge on any atom is -0.417 e. The summed E-state index contributed by atoms with van der Waals surface area (Å²) in [7, 11) is -3.80. The zero-order valence-corrected chi connectivity index (χ0v) is 32.2. The predicted octanol–water partition coefficient (Wildman–Crippen LogP) is 8.54. The number of rotatable bonds is 7. The Morgan fingerprint density at radius 2 is 1.66 bits per heavy atom. The number of allylic oxidation sites excluding steroid dienone is 2. The highest BCUT2D eigenvalue weighted by Crippen LogP contribution is 2.87. The molecule has 0 bridgehead atoms. The van der Waals surface area contributed by atoms with Gasteiger partial charge in [0.25, 0.3) is 0 Å². The van der Waals surface area contributed by atoms with E-state index in [1.165, 1.54) is 5.57 Å². The number of aliphatic hydroxyl groups is 1. The fourth-order valence-electron chi connectivity index (χ4n) is 8.87. The third-order valence-corrected chi connectivity index (χ3v) is 22.1. The van der Waals surface area contributed by atoms with Gasteiger partial charge in [0, 0.05) is 23.0 Å². The lowest BCUT2D eigenvalue weighted by atomic mass is 9.21. The Bertz CT molecular complexity index is 1350. The van der Waals surface area contributed by atoms with Gasteiger partial charge >= 0.3 is 0 Å². The molecule has 6 atom stereocenters. The first kappa shape index (κ1) is 34.4. The SMILES string of the molecule is C/C(C#CC1=CC(CO)=C2C3OC(C)(C)OC34CCCC3C(CO[Si](C)(C)C(C)(C)C)C1(C)C234)=C\CO[Si](C)(C)C(C)(C)C. The van der Waals surface area contributed by atoms with E-state index in [0.29, 0.717) is 18.4 Å². The van der Waals surface area contributed by atoms with E-state index in [2.05, 4.69) is 106 Å². The van der Waals surface area contributed by atoms with Gasteiger partial charge in [0.1, 0.15) is 11.7 Å². The molecule has 2 spiro atoms. The van der Waals surface area contributed by atoms with Crippen molar-refractivity contribution in [2.45, 2.75) is 142 Å². The molecule has 1 heterocycles. The van der Waals surface area contributed by atoms with Gasteiger partial charge in [-0.2, -0.15) is 0 Å². The van der Waals surface area contributed by atoms with E-state index >= 15 is 0 Å². The van der Waals surface area contributed by atoms with Crippen LogP contribution in [0.3, 0.4) is 0 Å². The maximum atomic E-state index is 10.8. The minimum absolute atomic E-state index is 0.0122. The molecule has 246 valence electrons. The van der Waals surface area contributed by atoms with Crippen molar-refractivity contribution in [3.63, 3.8) is 0 Å². The quantitative estimate of drug-likeness (QED) is 0.223. The van der Waals surface area contributed by atoms with Crippen LogP contribution in [0.1, 0.15) is 88.5 Å². The lowest BCUT2D eigenvalue weighted by Gasteiger charge is -2.83. The number of hydrogen-bond acceptors (Lipinski definition) is 5. The van der Waals surface area contributed by atoms with Crippen molar-refractivity contribution in [3.05, 3.63) is 34.4 Å². The first-order chi connectivity index (χ1) is 20.0. The van der Waals surface area contributed by atoms with Crippen molar-refractivity contribution in [1.82, 2.24) is 0 Å². The Labute approximate surface area is 270 Å². The van der Waals surface area contributed by atoms with E-state index in [1.807, 2.05) is 13.8 Å². The van der Waals surface area contributed by atoms with Crippen molar-refractivity contribution >= 4 is 16.6 Å². The fourth-order valence-corrected chi connectivity index (χ4v) is 10.8. The molecule has 5 rings (SSSR count). The van der Waals surface area contributed by atoms with E-state index in [1.54, 1.807) is 0 Å². The second kappa shape index (κ2) is 10.5. The molecule has 4 fully saturated rings. The molecule has 4 aliphatic carbocycles. The Kier molecular flexibility index (Phi) is 8.20. The van der Waals surface area contributed by atoms with Crippen molar-refractivity contribution in [3.8, 4) is 11.8 Å². The number of aliphatic hydroxyl groups excluding tert-OH is 1. The molecule has 5 aliphatic rings. The summed E-state index contributed by atoms with van der Waals surface area (Å²) in [5.74, 6) is 7.26. The Hall–Kier alpha value is -0.986. The second-order valence-corrected chi connectivity index (χ2v) is 27.6. The highest BCUT2D eigenvalue weighted by atomic mass is 28.4. The van der Waals surface area contributed by atoms with Gasteiger partial charge in [0.15, 0.2) is 22.4 Å². The summed E-state index contributed by atoms with van der Waals surface area (Å²) >= 11 is 0. The van der Waals surface area contributed by atoms with Crippen LogP contribution in [-0.4, -0.2) is 59.1 Å². The summed E-state index contributed by atoms with van der Waals surface area (Å²) in [5, 5.41) is 11.1. The molecule has 44 heavy (non-hydrogen) atoms. The van der Waals surface area contributed by atoms with Crippen LogP contribution in [0.25, 0.3) is 0 Å². The van der Waals surface area contributed by atoms with Gasteiger partial charge < -0.3 is 23.4 Å². The normalized spacial score (nSPS) is 36.3. The minimum atomic E-state index is -1.96. The van der Waals surface area contributed by atoms with E-state index in [0.717, 1.165) is 42.6 Å². The first-order valence-electron chi connectivity index (χ1n) is 16.9. The van der Waals surface area contributed by atoms with Gasteiger partial charge in [-0.15, -0.1) is 0 Å². The smallest absolute Gasteiger partial charge is 0.192 e. The summed E-state index contributed by atoms with van der Waals surface area (Å²) < 4.78 is 27.1. The van der Waals surface area contributed by atoms with Gasteiger partial charge in [-0.05, 0) is 111 Å². The molecule has 0 aromatic heterocycles. The van der Waals surface area contributed by atoms with E-state index < -0.39 is 22.4 Å². The van der Waals surface area contributed by atoms with Crippen molar-refractivity contribution in [1.29, 1.82) is 0 Å². The highest BCUT2D eigenvalue weighted by molar-refractivity contribution is 6.74. The number of fused-ring (bicyclic) bond motifs is 1. The van der Waals surface area contributed by atoms with Gasteiger partial charge in [-0.3, -0.25) is 0 Å². The van der Waals surface area contributed by atoms with Crippen LogP contribution < -0.4 is 0 Å². The average Bonchev–Trinajstić information content (AvgIpc) is 3.08. The molecule has 1 N–H and O–H groups in total. The molecule has 1 saturated heterocycles. The third-order valence-electron chi connectivity index (χ3n) is 13.1. The molecule has 5 nitrogen and oxygen atoms in total. The molecular formula is C37H60O5Si2. The van der Waals surface area contributed by atoms with E-state index in [9.17, 15) is 5.11 Å². The van der Waals surface area contributed by atoms with Gasteiger partial charge in [0.2, 0.25) is 0 Å². The zero-order valence-electron chi connectivity index (χ0n) is 30.2. The number of ether oxygens (including phenoxy) is 2.